The van der Waals surface area contributed by atoms with Crippen molar-refractivity contribution in [3.63, 3.8) is 0 Å². The van der Waals surface area contributed by atoms with Gasteiger partial charge in [0.1, 0.15) is 82.4 Å². The molecule has 73 heavy (non-hydrogen) atoms. The summed E-state index contributed by atoms with van der Waals surface area (Å²) in [5, 5.41) is 9.85. The fourth-order valence-electron chi connectivity index (χ4n) is 7.32. The van der Waals surface area contributed by atoms with Crippen LogP contribution in [0.1, 0.15) is 82.4 Å². The number of carbonyl (C=O) groups is 7. The predicted octanol–water partition coefficient (Wildman–Crippen LogP) is 7.00. The molecule has 3 aromatic carbocycles. The largest absolute Gasteiger partial charge is 0.501 e. The van der Waals surface area contributed by atoms with Crippen molar-refractivity contribution in [3.05, 3.63) is 101 Å². The highest BCUT2D eigenvalue weighted by molar-refractivity contribution is 5.98. The molecule has 8 rings (SSSR count). The highest BCUT2D eigenvalue weighted by Crippen LogP contribution is 2.34. The van der Waals surface area contributed by atoms with Crippen LogP contribution in [0, 0.1) is 5.92 Å². The third-order valence-corrected chi connectivity index (χ3v) is 10.6. The van der Waals surface area contributed by atoms with E-state index in [1.54, 1.807) is 51.3 Å². The Morgan fingerprint density at radius 1 is 0.644 bits per heavy atom. The molecule has 1 saturated heterocycles. The number of benzene rings is 3. The van der Waals surface area contributed by atoms with E-state index in [2.05, 4.69) is 10.8 Å². The molecule has 1 aliphatic carbocycles. The van der Waals surface area contributed by atoms with Gasteiger partial charge in [0.25, 0.3) is 0 Å². The maximum absolute atomic E-state index is 11.6. The number of fused-ring (bicyclic) bond motifs is 3. The number of rotatable bonds is 15. The second-order valence-corrected chi connectivity index (χ2v) is 16.7. The lowest BCUT2D eigenvalue weighted by Gasteiger charge is -2.19. The number of aliphatic hydroxyl groups excluding tert-OH is 1. The molecule has 0 spiro atoms. The number of aliphatic hydroxyl groups is 1. The smallest absolute Gasteiger partial charge is 0.313 e. The van der Waals surface area contributed by atoms with Crippen LogP contribution in [0.15, 0.2) is 84.7 Å². The first-order valence-corrected chi connectivity index (χ1v) is 23.9. The van der Waals surface area contributed by atoms with Crippen LogP contribution in [0.2, 0.25) is 0 Å². The third-order valence-electron chi connectivity index (χ3n) is 10.6. The monoisotopic (exact) mass is 1010 g/mol. The number of esters is 3. The van der Waals surface area contributed by atoms with Crippen molar-refractivity contribution in [2.24, 2.45) is 5.92 Å². The summed E-state index contributed by atoms with van der Waals surface area (Å²) in [7, 11) is 1.60. The zero-order chi connectivity index (χ0) is 52.5. The van der Waals surface area contributed by atoms with Crippen molar-refractivity contribution in [2.45, 2.75) is 77.9 Å². The van der Waals surface area contributed by atoms with Crippen LogP contribution in [-0.4, -0.2) is 118 Å². The maximum atomic E-state index is 11.6. The fraction of sp³-hybridized carbons (Fsp3) is 0.400. The molecule has 1 N–H and O–H groups in total. The fourth-order valence-corrected chi connectivity index (χ4v) is 7.32. The molecule has 390 valence electrons. The van der Waals surface area contributed by atoms with Gasteiger partial charge in [0.15, 0.2) is 40.3 Å². The summed E-state index contributed by atoms with van der Waals surface area (Å²) >= 11 is 0. The Hall–Kier alpha value is -7.73. The van der Waals surface area contributed by atoms with Crippen molar-refractivity contribution in [2.75, 3.05) is 60.0 Å². The highest BCUT2D eigenvalue weighted by Gasteiger charge is 2.25. The Kier molecular flexibility index (Phi) is 22.8. The molecule has 18 heteroatoms. The van der Waals surface area contributed by atoms with Gasteiger partial charge in [-0.1, -0.05) is 48.6 Å². The molecule has 4 heterocycles. The van der Waals surface area contributed by atoms with E-state index in [0.717, 1.165) is 46.1 Å². The summed E-state index contributed by atoms with van der Waals surface area (Å²) in [6.07, 6.45) is 11.9. The number of carbonyl (C=O) groups excluding carboxylic acids is 7. The van der Waals surface area contributed by atoms with Crippen LogP contribution in [0.4, 0.5) is 0 Å². The second kappa shape index (κ2) is 29.6. The molecule has 1 fully saturated rings. The van der Waals surface area contributed by atoms with E-state index in [1.807, 2.05) is 54.6 Å². The first-order valence-electron chi connectivity index (χ1n) is 23.9. The number of ketones is 4. The van der Waals surface area contributed by atoms with E-state index in [4.69, 9.17) is 42.6 Å². The van der Waals surface area contributed by atoms with E-state index in [9.17, 15) is 38.7 Å². The molecule has 3 atom stereocenters. The van der Waals surface area contributed by atoms with Crippen molar-refractivity contribution in [1.82, 2.24) is 0 Å². The lowest BCUT2D eigenvalue weighted by atomic mass is 9.91. The highest BCUT2D eigenvalue weighted by atomic mass is 16.6. The molecular weight excluding hydrogens is 949 g/mol. The summed E-state index contributed by atoms with van der Waals surface area (Å²) in [5.74, 6) is 3.34. The van der Waals surface area contributed by atoms with Gasteiger partial charge in [-0.15, -0.1) is 0 Å². The van der Waals surface area contributed by atoms with E-state index in [1.165, 1.54) is 13.0 Å². The quantitative estimate of drug-likeness (QED) is 0.0917. The number of hydrogen-bond donors (Lipinski definition) is 1. The summed E-state index contributed by atoms with van der Waals surface area (Å²) in [5.41, 5.74) is 2.77. The SMILES string of the molecule is CCOC(=O)CC(=O)CC(O)/C=C/c1ccc2c(c1)OCCO2.CCOC(=O)CC(C)=O.COC1=CC(=O)CC(/C=C/c2ccc3c(c2)OCCO3)C1.O=C1CC(=O)OC(/C=C/c2ccc3c(c2)OCCO3)C1. The lowest BCUT2D eigenvalue weighted by molar-refractivity contribution is -0.155. The molecule has 3 unspecified atom stereocenters. The zero-order valence-corrected chi connectivity index (χ0v) is 41.5. The molecule has 0 bridgehead atoms. The van der Waals surface area contributed by atoms with Crippen LogP contribution >= 0.6 is 0 Å². The number of ether oxygens (including phenoxy) is 10. The molecule has 5 aliphatic rings. The first-order chi connectivity index (χ1) is 35.2. The minimum Gasteiger partial charge on any atom is -0.501 e. The Balaban J connectivity index is 0.000000188. The number of methoxy groups -OCH3 is 1. The first kappa shape index (κ1) is 56.2. The molecule has 4 aliphatic heterocycles. The standard InChI is InChI=1S/C17H20O6.C17H18O4.C15H14O5.C6H10O3/c1-2-21-17(20)11-14(19)10-13(18)5-3-12-4-6-15-16(9-12)23-8-7-22-15;1-19-15-9-13(8-14(18)11-15)3-2-12-4-5-16-17(10-12)21-7-6-20-16;16-11-8-12(20-15(17)9-11)3-1-10-2-4-13-14(7-10)19-6-5-18-13;1-3-9-6(8)4-5(2)7/h3-6,9,13,18H,2,7-8,10-11H2,1H3;2-5,10-11,13H,6-9H2,1H3;1-4,7,12H,5-6,8-9H2;3-4H2,1-2H3/b5-3+;3-2+;3-1+;. The van der Waals surface area contributed by atoms with Gasteiger partial charge < -0.3 is 52.5 Å². The topological polar surface area (TPSA) is 232 Å². The molecule has 0 aromatic heterocycles. The number of allylic oxidation sites excluding steroid dienone is 3. The van der Waals surface area contributed by atoms with Gasteiger partial charge in [-0.2, -0.15) is 0 Å². The summed E-state index contributed by atoms with van der Waals surface area (Å²) < 4.78 is 52.4. The van der Waals surface area contributed by atoms with Crippen molar-refractivity contribution in [1.29, 1.82) is 0 Å². The Morgan fingerprint density at radius 3 is 1.60 bits per heavy atom. The van der Waals surface area contributed by atoms with Gasteiger partial charge in [0, 0.05) is 31.8 Å². The Morgan fingerprint density at radius 2 is 1.12 bits per heavy atom. The van der Waals surface area contributed by atoms with E-state index < -0.39 is 30.1 Å². The normalized spacial score (nSPS) is 17.8. The number of Topliss-reactive ketones (excluding diaryl/α,β-unsaturated/α-hetero) is 3. The molecule has 0 saturated carbocycles. The van der Waals surface area contributed by atoms with Gasteiger partial charge in [0.05, 0.1) is 32.2 Å². The molecular formula is C55H62O18. The molecule has 18 nitrogen and oxygen atoms in total. The summed E-state index contributed by atoms with van der Waals surface area (Å²) in [6.45, 7) is 8.62. The van der Waals surface area contributed by atoms with E-state index in [-0.39, 0.29) is 67.8 Å². The van der Waals surface area contributed by atoms with Crippen LogP contribution in [0.3, 0.4) is 0 Å². The van der Waals surface area contributed by atoms with Gasteiger partial charge in [-0.3, -0.25) is 33.6 Å². The zero-order valence-electron chi connectivity index (χ0n) is 41.5. The van der Waals surface area contributed by atoms with Gasteiger partial charge in [0.2, 0.25) is 0 Å². The van der Waals surface area contributed by atoms with Crippen molar-refractivity contribution >= 4 is 59.3 Å². The van der Waals surface area contributed by atoms with Crippen LogP contribution < -0.4 is 28.4 Å². The average molecular weight is 1010 g/mol. The van der Waals surface area contributed by atoms with Crippen LogP contribution in [-0.2, 0) is 52.5 Å². The van der Waals surface area contributed by atoms with Crippen LogP contribution in [0.25, 0.3) is 18.2 Å². The Bertz CT molecular complexity index is 2520. The molecule has 0 amide bonds. The maximum Gasteiger partial charge on any atom is 0.313 e. The van der Waals surface area contributed by atoms with Gasteiger partial charge in [-0.05, 0) is 85.9 Å². The van der Waals surface area contributed by atoms with Gasteiger partial charge >= 0.3 is 17.9 Å². The average Bonchev–Trinajstić information content (AvgIpc) is 3.36. The van der Waals surface area contributed by atoms with E-state index >= 15 is 0 Å². The van der Waals surface area contributed by atoms with Crippen molar-refractivity contribution < 1.29 is 86.0 Å². The Labute approximate surface area is 423 Å². The van der Waals surface area contributed by atoms with Gasteiger partial charge in [-0.25, -0.2) is 0 Å². The minimum atomic E-state index is -0.954. The summed E-state index contributed by atoms with van der Waals surface area (Å²) in [4.78, 5) is 77.5. The minimum absolute atomic E-state index is 0.0851. The molecule has 0 radical (unpaired) electrons. The van der Waals surface area contributed by atoms with Crippen molar-refractivity contribution in [3.8, 4) is 34.5 Å². The van der Waals surface area contributed by atoms with Crippen LogP contribution in [0.5, 0.6) is 34.5 Å². The number of cyclic esters (lactones) is 1. The third kappa shape index (κ3) is 20.1. The number of hydrogen-bond acceptors (Lipinski definition) is 18. The second-order valence-electron chi connectivity index (χ2n) is 16.7. The predicted molar refractivity (Wildman–Crippen MR) is 265 cm³/mol. The molecule has 3 aromatic rings. The van der Waals surface area contributed by atoms with E-state index in [0.29, 0.717) is 69.9 Å². The lowest BCUT2D eigenvalue weighted by Crippen LogP contribution is -2.28. The summed E-state index contributed by atoms with van der Waals surface area (Å²) in [6, 6.07) is 16.9.